The van der Waals surface area contributed by atoms with Crippen LogP contribution in [0.5, 0.6) is 5.75 Å². The summed E-state index contributed by atoms with van der Waals surface area (Å²) < 4.78 is 5.70. The summed E-state index contributed by atoms with van der Waals surface area (Å²) in [4.78, 5) is 31.1. The van der Waals surface area contributed by atoms with E-state index in [1.165, 1.54) is 4.90 Å². The average Bonchev–Trinajstić information content (AvgIpc) is 2.70. The van der Waals surface area contributed by atoms with Crippen molar-refractivity contribution in [2.45, 2.75) is 19.4 Å². The largest absolute Gasteiger partial charge is 0.477 e. The normalized spacial score (nSPS) is 15.8. The summed E-state index contributed by atoms with van der Waals surface area (Å²) in [6.45, 7) is 1.68. The van der Waals surface area contributed by atoms with Crippen molar-refractivity contribution in [1.82, 2.24) is 4.98 Å². The number of aromatic nitrogens is 1. The highest BCUT2D eigenvalue weighted by atomic mass is 16.5. The van der Waals surface area contributed by atoms with Gasteiger partial charge >= 0.3 is 0 Å². The summed E-state index contributed by atoms with van der Waals surface area (Å²) in [6.07, 6.45) is -0.160. The molecule has 0 radical (unpaired) electrons. The number of amides is 2. The van der Waals surface area contributed by atoms with E-state index in [-0.39, 0.29) is 30.0 Å². The molecule has 1 aromatic heterocycles. The Morgan fingerprint density at radius 2 is 1.96 bits per heavy atom. The first-order valence-electron chi connectivity index (χ1n) is 9.09. The Hall–Kier alpha value is -3.61. The third kappa shape index (κ3) is 3.22. The lowest BCUT2D eigenvalue weighted by Gasteiger charge is -2.32. The zero-order valence-electron chi connectivity index (χ0n) is 15.4. The first-order valence-corrected chi connectivity index (χ1v) is 9.09. The quantitative estimate of drug-likeness (QED) is 0.730. The lowest BCUT2D eigenvalue weighted by molar-refractivity contribution is -0.128. The topological polar surface area (TPSA) is 97.6 Å². The molecule has 4 rings (SSSR count). The van der Waals surface area contributed by atoms with Gasteiger partial charge in [-0.25, -0.2) is 4.98 Å². The first kappa shape index (κ1) is 17.8. The molecule has 7 heteroatoms. The van der Waals surface area contributed by atoms with Gasteiger partial charge < -0.3 is 15.8 Å². The van der Waals surface area contributed by atoms with Crippen molar-refractivity contribution >= 4 is 39.9 Å². The third-order valence-electron chi connectivity index (χ3n) is 4.66. The van der Waals surface area contributed by atoms with E-state index in [9.17, 15) is 9.59 Å². The number of carbonyl (C=O) groups is 2. The molecular formula is C21H20N4O3. The number of nitrogens with one attached hydrogen (secondary N) is 1. The fourth-order valence-electron chi connectivity index (χ4n) is 3.30. The van der Waals surface area contributed by atoms with Gasteiger partial charge in [-0.05, 0) is 30.0 Å². The number of fused-ring (bicyclic) bond motifs is 2. The average molecular weight is 376 g/mol. The van der Waals surface area contributed by atoms with Gasteiger partial charge in [0.15, 0.2) is 17.7 Å². The predicted molar refractivity (Wildman–Crippen MR) is 108 cm³/mol. The van der Waals surface area contributed by atoms with Crippen LogP contribution >= 0.6 is 0 Å². The van der Waals surface area contributed by atoms with Crippen LogP contribution in [0.15, 0.2) is 54.6 Å². The maximum absolute atomic E-state index is 12.8. The number of rotatable bonds is 4. The van der Waals surface area contributed by atoms with E-state index in [0.29, 0.717) is 17.9 Å². The van der Waals surface area contributed by atoms with Crippen LogP contribution in [0.1, 0.15) is 13.3 Å². The molecule has 0 fully saturated rings. The zero-order valence-corrected chi connectivity index (χ0v) is 15.4. The smallest absolute Gasteiger partial charge is 0.269 e. The number of hydrogen-bond donors (Lipinski definition) is 2. The highest BCUT2D eigenvalue weighted by Gasteiger charge is 2.35. The van der Waals surface area contributed by atoms with Gasteiger partial charge in [-0.2, -0.15) is 0 Å². The molecule has 2 aromatic carbocycles. The van der Waals surface area contributed by atoms with Crippen molar-refractivity contribution < 1.29 is 14.3 Å². The van der Waals surface area contributed by atoms with Crippen molar-refractivity contribution in [3.63, 3.8) is 0 Å². The molecule has 0 saturated carbocycles. The number of pyridine rings is 1. The second-order valence-corrected chi connectivity index (χ2v) is 6.57. The monoisotopic (exact) mass is 376 g/mol. The van der Waals surface area contributed by atoms with E-state index in [1.807, 2.05) is 49.4 Å². The highest BCUT2D eigenvalue weighted by molar-refractivity contribution is 6.08. The molecule has 1 aliphatic heterocycles. The molecule has 2 heterocycles. The molecule has 28 heavy (non-hydrogen) atoms. The van der Waals surface area contributed by atoms with Crippen LogP contribution in [-0.2, 0) is 9.59 Å². The fraction of sp³-hybridized carbons (Fsp3) is 0.190. The van der Waals surface area contributed by atoms with Gasteiger partial charge in [0.2, 0.25) is 5.91 Å². The summed E-state index contributed by atoms with van der Waals surface area (Å²) >= 11 is 0. The van der Waals surface area contributed by atoms with Gasteiger partial charge in [0.25, 0.3) is 5.91 Å². The molecule has 7 nitrogen and oxygen atoms in total. The van der Waals surface area contributed by atoms with Crippen molar-refractivity contribution in [2.75, 3.05) is 22.5 Å². The summed E-state index contributed by atoms with van der Waals surface area (Å²) in [5.41, 5.74) is 6.46. The Labute approximate surface area is 162 Å². The van der Waals surface area contributed by atoms with Crippen LogP contribution in [0.3, 0.4) is 0 Å². The predicted octanol–water partition coefficient (Wildman–Crippen LogP) is 2.96. The summed E-state index contributed by atoms with van der Waals surface area (Å²) in [6, 6.07) is 16.7. The number of benzene rings is 2. The molecule has 3 aromatic rings. The maximum atomic E-state index is 12.8. The second kappa shape index (κ2) is 7.19. The van der Waals surface area contributed by atoms with E-state index in [4.69, 9.17) is 10.5 Å². The first-order chi connectivity index (χ1) is 13.6. The Morgan fingerprint density at radius 1 is 1.18 bits per heavy atom. The molecule has 0 saturated heterocycles. The van der Waals surface area contributed by atoms with Crippen molar-refractivity contribution in [3.05, 3.63) is 54.6 Å². The van der Waals surface area contributed by atoms with Gasteiger partial charge in [-0.15, -0.1) is 0 Å². The van der Waals surface area contributed by atoms with Crippen LogP contribution in [0.4, 0.5) is 17.3 Å². The maximum Gasteiger partial charge on any atom is 0.269 e. The van der Waals surface area contributed by atoms with E-state index in [2.05, 4.69) is 10.3 Å². The van der Waals surface area contributed by atoms with Gasteiger partial charge in [-0.3, -0.25) is 14.5 Å². The molecule has 1 aliphatic rings. The fourth-order valence-corrected chi connectivity index (χ4v) is 3.30. The number of anilines is 3. The van der Waals surface area contributed by atoms with Gasteiger partial charge in [0.05, 0.1) is 0 Å². The number of ether oxygens (including phenoxy) is 1. The van der Waals surface area contributed by atoms with Gasteiger partial charge in [0.1, 0.15) is 12.4 Å². The van der Waals surface area contributed by atoms with Crippen LogP contribution in [0.25, 0.3) is 10.8 Å². The molecule has 2 amide bonds. The van der Waals surface area contributed by atoms with Crippen LogP contribution in [0.2, 0.25) is 0 Å². The van der Waals surface area contributed by atoms with E-state index in [0.717, 1.165) is 10.8 Å². The SMILES string of the molecule is CCC1Oc2ccc(N)nc2N(CC(=O)Nc2cccc3ccccc23)C1=O. The van der Waals surface area contributed by atoms with E-state index < -0.39 is 6.10 Å². The van der Waals surface area contributed by atoms with Crippen LogP contribution in [0, 0.1) is 0 Å². The Balaban J connectivity index is 1.61. The number of nitrogens with zero attached hydrogens (tertiary/aromatic N) is 2. The van der Waals surface area contributed by atoms with Gasteiger partial charge in [0, 0.05) is 11.1 Å². The Kier molecular flexibility index (Phi) is 4.57. The van der Waals surface area contributed by atoms with Crippen LogP contribution in [-0.4, -0.2) is 29.4 Å². The third-order valence-corrected chi connectivity index (χ3v) is 4.66. The highest BCUT2D eigenvalue weighted by Crippen LogP contribution is 2.33. The minimum atomic E-state index is -0.650. The molecule has 3 N–H and O–H groups in total. The number of hydrogen-bond acceptors (Lipinski definition) is 5. The molecule has 1 unspecified atom stereocenters. The summed E-state index contributed by atoms with van der Waals surface area (Å²) in [5.74, 6) is 0.337. The molecule has 142 valence electrons. The number of nitrogen functional groups attached to an aromatic ring is 1. The zero-order chi connectivity index (χ0) is 19.7. The standard InChI is InChI=1S/C21H20N4O3/c1-2-16-21(27)25(20-17(28-16)10-11-18(22)24-20)12-19(26)23-15-9-5-7-13-6-3-4-8-14(13)15/h3-11,16H,2,12H2,1H3,(H2,22,24)(H,23,26). The molecule has 0 spiro atoms. The lowest BCUT2D eigenvalue weighted by Crippen LogP contribution is -2.49. The second-order valence-electron chi connectivity index (χ2n) is 6.57. The molecular weight excluding hydrogens is 356 g/mol. The van der Waals surface area contributed by atoms with Crippen molar-refractivity contribution in [3.8, 4) is 5.75 Å². The molecule has 0 aliphatic carbocycles. The number of carbonyl (C=O) groups excluding carboxylic acids is 2. The molecule has 1 atom stereocenters. The minimum absolute atomic E-state index is 0.175. The van der Waals surface area contributed by atoms with Gasteiger partial charge in [-0.1, -0.05) is 43.3 Å². The summed E-state index contributed by atoms with van der Waals surface area (Å²) in [7, 11) is 0. The molecule has 0 bridgehead atoms. The minimum Gasteiger partial charge on any atom is -0.477 e. The van der Waals surface area contributed by atoms with Crippen LogP contribution < -0.4 is 20.7 Å². The van der Waals surface area contributed by atoms with E-state index in [1.54, 1.807) is 12.1 Å². The Bertz CT molecular complexity index is 1060. The number of nitrogens with two attached hydrogens (primary N) is 1. The lowest BCUT2D eigenvalue weighted by atomic mass is 10.1. The van der Waals surface area contributed by atoms with Crippen molar-refractivity contribution in [2.24, 2.45) is 0 Å². The summed E-state index contributed by atoms with van der Waals surface area (Å²) in [5, 5.41) is 4.85. The Morgan fingerprint density at radius 3 is 2.79 bits per heavy atom. The van der Waals surface area contributed by atoms with Crippen molar-refractivity contribution in [1.29, 1.82) is 0 Å². The van der Waals surface area contributed by atoms with E-state index >= 15 is 0 Å².